The zero-order valence-corrected chi connectivity index (χ0v) is 16.7. The van der Waals surface area contributed by atoms with E-state index in [4.69, 9.17) is 30.5 Å². The molecule has 1 aliphatic rings. The Morgan fingerprint density at radius 3 is 2.70 bits per heavy atom. The lowest BCUT2D eigenvalue weighted by Crippen LogP contribution is -2.33. The van der Waals surface area contributed by atoms with Crippen molar-refractivity contribution in [2.24, 2.45) is 0 Å². The van der Waals surface area contributed by atoms with E-state index in [1.807, 2.05) is 0 Å². The van der Waals surface area contributed by atoms with Crippen molar-refractivity contribution in [3.8, 4) is 11.5 Å². The van der Waals surface area contributed by atoms with Gasteiger partial charge in [0.1, 0.15) is 12.2 Å². The molecular formula is C19H26ClNO6. The highest BCUT2D eigenvalue weighted by Crippen LogP contribution is 2.38. The molecule has 1 aliphatic heterocycles. The fourth-order valence-corrected chi connectivity index (χ4v) is 2.63. The van der Waals surface area contributed by atoms with Crippen LogP contribution in [0.1, 0.15) is 45.6 Å². The lowest BCUT2D eigenvalue weighted by molar-refractivity contribution is -0.145. The van der Waals surface area contributed by atoms with Gasteiger partial charge in [-0.1, -0.05) is 11.6 Å². The molecule has 0 unspecified atom stereocenters. The number of alkyl carbamates (subject to hydrolysis) is 1. The number of hydrogen-bond acceptors (Lipinski definition) is 6. The fraction of sp³-hybridized carbons (Fsp3) is 0.579. The zero-order chi connectivity index (χ0) is 19.9. The minimum Gasteiger partial charge on any atom is -0.489 e. The minimum atomic E-state index is -0.549. The Bertz CT molecular complexity index is 671. The van der Waals surface area contributed by atoms with Crippen LogP contribution < -0.4 is 14.8 Å². The van der Waals surface area contributed by atoms with E-state index in [9.17, 15) is 9.59 Å². The van der Waals surface area contributed by atoms with E-state index in [0.717, 1.165) is 12.0 Å². The Hall–Kier alpha value is -2.15. The van der Waals surface area contributed by atoms with Crippen LogP contribution in [0, 0.1) is 0 Å². The lowest BCUT2D eigenvalue weighted by Gasteiger charge is -2.19. The number of fused-ring (bicyclic) bond motifs is 1. The number of carbonyl (C=O) groups is 2. The van der Waals surface area contributed by atoms with Crippen molar-refractivity contribution in [1.82, 2.24) is 5.32 Å². The van der Waals surface area contributed by atoms with Gasteiger partial charge in [-0.05, 0) is 44.9 Å². The fourth-order valence-electron chi connectivity index (χ4n) is 2.34. The van der Waals surface area contributed by atoms with Gasteiger partial charge in [-0.25, -0.2) is 4.79 Å². The Morgan fingerprint density at radius 1 is 1.22 bits per heavy atom. The molecule has 0 saturated carbocycles. The quantitative estimate of drug-likeness (QED) is 0.577. The molecule has 1 aromatic carbocycles. The number of halogens is 1. The maximum atomic E-state index is 11.9. The van der Waals surface area contributed by atoms with Gasteiger partial charge in [0.25, 0.3) is 0 Å². The van der Waals surface area contributed by atoms with Gasteiger partial charge in [0, 0.05) is 19.4 Å². The third-order valence-corrected chi connectivity index (χ3v) is 3.77. The molecule has 1 aromatic rings. The van der Waals surface area contributed by atoms with Crippen LogP contribution in [0.2, 0.25) is 5.02 Å². The summed E-state index contributed by atoms with van der Waals surface area (Å²) in [5.41, 5.74) is 0.178. The van der Waals surface area contributed by atoms with Crippen LogP contribution in [0.5, 0.6) is 11.5 Å². The van der Waals surface area contributed by atoms with Crippen molar-refractivity contribution in [3.05, 3.63) is 22.7 Å². The molecule has 27 heavy (non-hydrogen) atoms. The predicted octanol–water partition coefficient (Wildman–Crippen LogP) is 3.85. The third-order valence-electron chi connectivity index (χ3n) is 3.49. The Kier molecular flexibility index (Phi) is 7.59. The number of benzene rings is 1. The van der Waals surface area contributed by atoms with Gasteiger partial charge < -0.3 is 24.3 Å². The van der Waals surface area contributed by atoms with Gasteiger partial charge in [0.05, 0.1) is 18.2 Å². The largest absolute Gasteiger partial charge is 0.489 e. The molecule has 2 rings (SSSR count). The van der Waals surface area contributed by atoms with Crippen LogP contribution in [0.25, 0.3) is 0 Å². The van der Waals surface area contributed by atoms with E-state index < -0.39 is 11.7 Å². The summed E-state index contributed by atoms with van der Waals surface area (Å²) in [5, 5.41) is 3.03. The number of amides is 1. The molecule has 0 aromatic heterocycles. The first-order valence-corrected chi connectivity index (χ1v) is 9.33. The van der Waals surface area contributed by atoms with Gasteiger partial charge >= 0.3 is 12.1 Å². The van der Waals surface area contributed by atoms with Crippen LogP contribution in [-0.4, -0.2) is 37.4 Å². The van der Waals surface area contributed by atoms with Crippen LogP contribution in [0.3, 0.4) is 0 Å². The SMILES string of the molecule is CC(C)(C)OC(=O)NCCCC(=O)OCc1cc(Cl)c2c(c1)OCCCO2. The molecule has 8 heteroatoms. The summed E-state index contributed by atoms with van der Waals surface area (Å²) in [6.45, 7) is 6.89. The summed E-state index contributed by atoms with van der Waals surface area (Å²) in [6.07, 6.45) is 0.929. The maximum Gasteiger partial charge on any atom is 0.407 e. The lowest BCUT2D eigenvalue weighted by atomic mass is 10.2. The van der Waals surface area contributed by atoms with E-state index in [1.54, 1.807) is 32.9 Å². The number of carbonyl (C=O) groups excluding carboxylic acids is 2. The number of hydrogen-bond donors (Lipinski definition) is 1. The summed E-state index contributed by atoms with van der Waals surface area (Å²) in [7, 11) is 0. The summed E-state index contributed by atoms with van der Waals surface area (Å²) < 4.78 is 21.5. The summed E-state index contributed by atoms with van der Waals surface area (Å²) in [4.78, 5) is 23.4. The van der Waals surface area contributed by atoms with E-state index in [1.165, 1.54) is 0 Å². The van der Waals surface area contributed by atoms with Crippen molar-refractivity contribution in [2.75, 3.05) is 19.8 Å². The Morgan fingerprint density at radius 2 is 1.96 bits per heavy atom. The zero-order valence-electron chi connectivity index (χ0n) is 15.9. The molecule has 0 spiro atoms. The molecule has 0 fully saturated rings. The predicted molar refractivity (Wildman–Crippen MR) is 100 cm³/mol. The smallest absolute Gasteiger partial charge is 0.407 e. The molecule has 0 radical (unpaired) electrons. The monoisotopic (exact) mass is 399 g/mol. The molecular weight excluding hydrogens is 374 g/mol. The highest BCUT2D eigenvalue weighted by atomic mass is 35.5. The molecule has 0 saturated heterocycles. The molecule has 1 heterocycles. The minimum absolute atomic E-state index is 0.0920. The van der Waals surface area contributed by atoms with Crippen molar-refractivity contribution in [1.29, 1.82) is 0 Å². The van der Waals surface area contributed by atoms with Crippen LogP contribution in [0.4, 0.5) is 4.79 Å². The number of esters is 1. The molecule has 150 valence electrons. The number of ether oxygens (including phenoxy) is 4. The van der Waals surface area contributed by atoms with Crippen LogP contribution in [0.15, 0.2) is 12.1 Å². The van der Waals surface area contributed by atoms with E-state index in [0.29, 0.717) is 42.7 Å². The van der Waals surface area contributed by atoms with Crippen molar-refractivity contribution in [3.63, 3.8) is 0 Å². The molecule has 0 bridgehead atoms. The normalized spacial score (nSPS) is 13.5. The maximum absolute atomic E-state index is 11.9. The average molecular weight is 400 g/mol. The molecule has 1 amide bonds. The van der Waals surface area contributed by atoms with Gasteiger partial charge in [-0.2, -0.15) is 0 Å². The van der Waals surface area contributed by atoms with Gasteiger partial charge in [0.15, 0.2) is 11.5 Å². The van der Waals surface area contributed by atoms with Crippen LogP contribution in [-0.2, 0) is 20.9 Å². The number of rotatable bonds is 6. The topological polar surface area (TPSA) is 83.1 Å². The van der Waals surface area contributed by atoms with E-state index in [2.05, 4.69) is 5.32 Å². The Labute approximate surface area is 164 Å². The molecule has 7 nitrogen and oxygen atoms in total. The van der Waals surface area contributed by atoms with Crippen molar-refractivity contribution in [2.45, 2.75) is 52.2 Å². The summed E-state index contributed by atoms with van der Waals surface area (Å²) in [6, 6.07) is 3.47. The van der Waals surface area contributed by atoms with Gasteiger partial charge in [-0.15, -0.1) is 0 Å². The average Bonchev–Trinajstić information content (AvgIpc) is 2.81. The first-order valence-electron chi connectivity index (χ1n) is 8.95. The van der Waals surface area contributed by atoms with E-state index in [-0.39, 0.29) is 19.0 Å². The van der Waals surface area contributed by atoms with Crippen molar-refractivity contribution >= 4 is 23.7 Å². The van der Waals surface area contributed by atoms with Crippen molar-refractivity contribution < 1.29 is 28.5 Å². The second-order valence-electron chi connectivity index (χ2n) is 7.15. The summed E-state index contributed by atoms with van der Waals surface area (Å²) in [5.74, 6) is 0.731. The third kappa shape index (κ3) is 7.54. The standard InChI is InChI=1S/C19H26ClNO6/c1-19(2,3)27-18(23)21-7-4-6-16(22)26-12-13-10-14(20)17-15(11-13)24-8-5-9-25-17/h10-11H,4-9,12H2,1-3H3,(H,21,23). The first kappa shape index (κ1) is 21.2. The molecule has 1 N–H and O–H groups in total. The highest BCUT2D eigenvalue weighted by molar-refractivity contribution is 6.32. The summed E-state index contributed by atoms with van der Waals surface area (Å²) >= 11 is 6.22. The molecule has 0 aliphatic carbocycles. The first-order chi connectivity index (χ1) is 12.7. The number of nitrogens with one attached hydrogen (secondary N) is 1. The molecule has 0 atom stereocenters. The Balaban J connectivity index is 1.72. The second-order valence-corrected chi connectivity index (χ2v) is 7.56. The second kappa shape index (κ2) is 9.69. The van der Waals surface area contributed by atoms with Gasteiger partial charge in [0.2, 0.25) is 0 Å². The van der Waals surface area contributed by atoms with E-state index >= 15 is 0 Å². The van der Waals surface area contributed by atoms with Crippen LogP contribution >= 0.6 is 11.6 Å². The highest BCUT2D eigenvalue weighted by Gasteiger charge is 2.17. The van der Waals surface area contributed by atoms with Gasteiger partial charge in [-0.3, -0.25) is 4.79 Å².